The summed E-state index contributed by atoms with van der Waals surface area (Å²) in [6.45, 7) is 0.941. The van der Waals surface area contributed by atoms with Gasteiger partial charge in [-0.15, -0.1) is 0 Å². The van der Waals surface area contributed by atoms with Gasteiger partial charge in [0, 0.05) is 26.3 Å². The molecule has 0 radical (unpaired) electrons. The second kappa shape index (κ2) is 4.25. The minimum atomic E-state index is -0.274. The molecule has 5 nitrogen and oxygen atoms in total. The Kier molecular flexibility index (Phi) is 2.96. The van der Waals surface area contributed by atoms with Crippen LogP contribution in [0.15, 0.2) is 15.8 Å². The van der Waals surface area contributed by atoms with Gasteiger partial charge in [-0.25, -0.2) is 4.79 Å². The van der Waals surface area contributed by atoms with Crippen LogP contribution in [0.4, 0.5) is 0 Å². The molecular weight excluding hydrogens is 206 g/mol. The highest BCUT2D eigenvalue weighted by Gasteiger charge is 2.19. The highest BCUT2D eigenvalue weighted by Crippen LogP contribution is 2.19. The van der Waals surface area contributed by atoms with Gasteiger partial charge in [-0.05, 0) is 19.4 Å². The molecule has 0 bridgehead atoms. The summed E-state index contributed by atoms with van der Waals surface area (Å²) in [5, 5.41) is 3.32. The van der Waals surface area contributed by atoms with Crippen molar-refractivity contribution in [2.45, 2.75) is 25.3 Å². The monoisotopic (exact) mass is 223 g/mol. The molecule has 0 aromatic carbocycles. The lowest BCUT2D eigenvalue weighted by molar-refractivity contribution is 0.404. The van der Waals surface area contributed by atoms with Crippen molar-refractivity contribution in [1.82, 2.24) is 14.5 Å². The van der Waals surface area contributed by atoms with Crippen molar-refractivity contribution >= 4 is 0 Å². The molecule has 1 fully saturated rings. The molecule has 1 saturated heterocycles. The first kappa shape index (κ1) is 11.1. The summed E-state index contributed by atoms with van der Waals surface area (Å²) in [5.74, 6) is 0. The van der Waals surface area contributed by atoms with Crippen LogP contribution in [0.1, 0.15) is 30.9 Å². The predicted octanol–water partition coefficient (Wildman–Crippen LogP) is -0.101. The zero-order valence-electron chi connectivity index (χ0n) is 9.69. The third kappa shape index (κ3) is 1.82. The van der Waals surface area contributed by atoms with E-state index in [4.69, 9.17) is 0 Å². The summed E-state index contributed by atoms with van der Waals surface area (Å²) >= 11 is 0. The van der Waals surface area contributed by atoms with Gasteiger partial charge in [0.05, 0.1) is 5.56 Å². The number of nitrogens with one attached hydrogen (secondary N) is 1. The molecule has 1 aromatic rings. The fourth-order valence-electron chi connectivity index (χ4n) is 2.19. The lowest BCUT2D eigenvalue weighted by atomic mass is 10.00. The second-order valence-corrected chi connectivity index (χ2v) is 4.34. The molecule has 16 heavy (non-hydrogen) atoms. The minimum absolute atomic E-state index is 0.0965. The largest absolute Gasteiger partial charge is 0.330 e. The van der Waals surface area contributed by atoms with Crippen molar-refractivity contribution in [3.05, 3.63) is 32.6 Å². The topological polar surface area (TPSA) is 56.0 Å². The van der Waals surface area contributed by atoms with Crippen molar-refractivity contribution in [3.63, 3.8) is 0 Å². The first-order valence-electron chi connectivity index (χ1n) is 5.61. The highest BCUT2D eigenvalue weighted by atomic mass is 16.2. The third-order valence-corrected chi connectivity index (χ3v) is 3.16. The molecule has 5 heteroatoms. The number of hydrogen-bond donors (Lipinski definition) is 1. The van der Waals surface area contributed by atoms with Gasteiger partial charge in [0.1, 0.15) is 0 Å². The number of hydrogen-bond acceptors (Lipinski definition) is 3. The van der Waals surface area contributed by atoms with E-state index in [1.165, 1.54) is 16.2 Å². The van der Waals surface area contributed by atoms with Crippen LogP contribution >= 0.6 is 0 Å². The molecule has 1 aliphatic heterocycles. The molecule has 1 N–H and O–H groups in total. The summed E-state index contributed by atoms with van der Waals surface area (Å²) in [5.41, 5.74) is 0.247. The van der Waals surface area contributed by atoms with Gasteiger partial charge in [-0.2, -0.15) is 0 Å². The lowest BCUT2D eigenvalue weighted by Crippen LogP contribution is -2.41. The first-order valence-corrected chi connectivity index (χ1v) is 5.61. The van der Waals surface area contributed by atoms with Crippen molar-refractivity contribution in [2.75, 3.05) is 6.54 Å². The molecule has 0 aliphatic carbocycles. The van der Waals surface area contributed by atoms with Crippen LogP contribution in [0, 0.1) is 0 Å². The van der Waals surface area contributed by atoms with Gasteiger partial charge >= 0.3 is 5.69 Å². The van der Waals surface area contributed by atoms with Crippen molar-refractivity contribution < 1.29 is 0 Å². The summed E-state index contributed by atoms with van der Waals surface area (Å²) in [6.07, 6.45) is 4.91. The van der Waals surface area contributed by atoms with Gasteiger partial charge in [0.25, 0.3) is 5.56 Å². The SMILES string of the molecule is Cn1cc(C2CCCCN2)c(=O)n(C)c1=O. The van der Waals surface area contributed by atoms with E-state index < -0.39 is 0 Å². The van der Waals surface area contributed by atoms with Crippen LogP contribution in [0.25, 0.3) is 0 Å². The molecule has 0 saturated carbocycles. The Balaban J connectivity index is 2.48. The van der Waals surface area contributed by atoms with E-state index in [1.54, 1.807) is 13.2 Å². The normalized spacial score (nSPS) is 21.0. The van der Waals surface area contributed by atoms with Crippen LogP contribution in [-0.4, -0.2) is 15.7 Å². The fourth-order valence-corrected chi connectivity index (χ4v) is 2.19. The summed E-state index contributed by atoms with van der Waals surface area (Å²) < 4.78 is 2.64. The van der Waals surface area contributed by atoms with E-state index in [0.29, 0.717) is 5.56 Å². The van der Waals surface area contributed by atoms with E-state index in [2.05, 4.69) is 5.32 Å². The maximum absolute atomic E-state index is 12.0. The average molecular weight is 223 g/mol. The van der Waals surface area contributed by atoms with Crippen LogP contribution in [0.2, 0.25) is 0 Å². The summed E-state index contributed by atoms with van der Waals surface area (Å²) in [7, 11) is 3.20. The van der Waals surface area contributed by atoms with E-state index in [9.17, 15) is 9.59 Å². The van der Waals surface area contributed by atoms with E-state index in [1.807, 2.05) is 0 Å². The zero-order valence-corrected chi connectivity index (χ0v) is 9.69. The molecule has 88 valence electrons. The predicted molar refractivity (Wildman–Crippen MR) is 61.5 cm³/mol. The van der Waals surface area contributed by atoms with E-state index >= 15 is 0 Å². The number of piperidine rings is 1. The van der Waals surface area contributed by atoms with Crippen molar-refractivity contribution in [3.8, 4) is 0 Å². The van der Waals surface area contributed by atoms with Crippen LogP contribution in [-0.2, 0) is 14.1 Å². The maximum Gasteiger partial charge on any atom is 0.330 e. The van der Waals surface area contributed by atoms with Gasteiger partial charge in [0.15, 0.2) is 0 Å². The Morgan fingerprint density at radius 2 is 2.06 bits per heavy atom. The molecule has 1 aromatic heterocycles. The van der Waals surface area contributed by atoms with Gasteiger partial charge in [-0.1, -0.05) is 6.42 Å². The van der Waals surface area contributed by atoms with Crippen LogP contribution < -0.4 is 16.6 Å². The molecule has 1 atom stereocenters. The molecule has 2 heterocycles. The first-order chi connectivity index (χ1) is 7.61. The van der Waals surface area contributed by atoms with Gasteiger partial charge in [0.2, 0.25) is 0 Å². The molecule has 0 spiro atoms. The Morgan fingerprint density at radius 3 is 2.69 bits per heavy atom. The molecule has 1 unspecified atom stereocenters. The smallest absolute Gasteiger partial charge is 0.310 e. The highest BCUT2D eigenvalue weighted by molar-refractivity contribution is 5.12. The van der Waals surface area contributed by atoms with Crippen molar-refractivity contribution in [2.24, 2.45) is 14.1 Å². The summed E-state index contributed by atoms with van der Waals surface area (Å²) in [6, 6.07) is 0.0965. The van der Waals surface area contributed by atoms with Gasteiger partial charge in [-0.3, -0.25) is 9.36 Å². The maximum atomic E-state index is 12.0. The van der Waals surface area contributed by atoms with Crippen LogP contribution in [0.5, 0.6) is 0 Å². The number of nitrogens with zero attached hydrogens (tertiary/aromatic N) is 2. The summed E-state index contributed by atoms with van der Waals surface area (Å²) in [4.78, 5) is 23.5. The Bertz CT molecular complexity index is 495. The standard InChI is InChI=1S/C11H17N3O2/c1-13-7-8(9-5-3-4-6-12-9)10(15)14(2)11(13)16/h7,9,12H,3-6H2,1-2H3. The zero-order chi connectivity index (χ0) is 11.7. The Labute approximate surface area is 93.7 Å². The van der Waals surface area contributed by atoms with Crippen LogP contribution in [0.3, 0.4) is 0 Å². The minimum Gasteiger partial charge on any atom is -0.310 e. The molecule has 1 aliphatic rings. The lowest BCUT2D eigenvalue weighted by Gasteiger charge is -2.23. The third-order valence-electron chi connectivity index (χ3n) is 3.16. The second-order valence-electron chi connectivity index (χ2n) is 4.34. The molecule has 0 amide bonds. The number of aromatic nitrogens is 2. The average Bonchev–Trinajstić information content (AvgIpc) is 2.32. The molecule has 2 rings (SSSR count). The quantitative estimate of drug-likeness (QED) is 0.723. The van der Waals surface area contributed by atoms with E-state index in [-0.39, 0.29) is 17.3 Å². The van der Waals surface area contributed by atoms with E-state index in [0.717, 1.165) is 25.8 Å². The molecular formula is C11H17N3O2. The fraction of sp³-hybridized carbons (Fsp3) is 0.636. The van der Waals surface area contributed by atoms with Gasteiger partial charge < -0.3 is 9.88 Å². The number of aryl methyl sites for hydroxylation is 1. The van der Waals surface area contributed by atoms with Crippen molar-refractivity contribution in [1.29, 1.82) is 0 Å². The Morgan fingerprint density at radius 1 is 1.31 bits per heavy atom. The number of rotatable bonds is 1. The Hall–Kier alpha value is -1.36.